The summed E-state index contributed by atoms with van der Waals surface area (Å²) in [5, 5.41) is 94.1. The molecule has 220 valence electrons. The fraction of sp³-hybridized carbons (Fsp3) is 0. The van der Waals surface area contributed by atoms with Crippen molar-refractivity contribution >= 4 is 59.7 Å². The zero-order chi connectivity index (χ0) is 32.8. The van der Waals surface area contributed by atoms with Crippen molar-refractivity contribution in [3.63, 3.8) is 0 Å². The minimum absolute atomic E-state index is 0. The summed E-state index contributed by atoms with van der Waals surface area (Å²) in [5.41, 5.74) is 0. The first-order valence-electron chi connectivity index (χ1n) is 8.64. The van der Waals surface area contributed by atoms with Gasteiger partial charge in [-0.3, -0.25) is 0 Å². The molecule has 0 saturated carbocycles. The van der Waals surface area contributed by atoms with E-state index in [2.05, 4.69) is 0 Å². The van der Waals surface area contributed by atoms with E-state index < -0.39 is 59.7 Å². The molecular formula is C20H10O20Ta2. The van der Waals surface area contributed by atoms with Gasteiger partial charge in [-0.2, -0.15) is 0 Å². The van der Waals surface area contributed by atoms with Crippen LogP contribution in [0.3, 0.4) is 0 Å². The van der Waals surface area contributed by atoms with Gasteiger partial charge in [0, 0.05) is 0 Å². The first-order chi connectivity index (χ1) is 18.1. The number of hydrogen-bond donors (Lipinski definition) is 0. The smallest absolute Gasteiger partial charge is 0.545 e. The van der Waals surface area contributed by atoms with Crippen LogP contribution < -0.4 is 51.1 Å². The molecule has 42 heavy (non-hydrogen) atoms. The van der Waals surface area contributed by atoms with E-state index in [-0.39, 0.29) is 44.8 Å². The van der Waals surface area contributed by atoms with Gasteiger partial charge in [0.2, 0.25) is 0 Å². The first kappa shape index (κ1) is 53.2. The number of carboxylic acids is 10. The second-order valence-corrected chi connectivity index (χ2v) is 4.86. The minimum atomic E-state index is -1.55. The van der Waals surface area contributed by atoms with Gasteiger partial charge in [0.25, 0.3) is 0 Å². The van der Waals surface area contributed by atoms with Crippen molar-refractivity contribution < 1.29 is 144 Å². The van der Waals surface area contributed by atoms with Gasteiger partial charge < -0.3 is 99.0 Å². The summed E-state index contributed by atoms with van der Waals surface area (Å²) in [5.74, 6) is -15.5. The van der Waals surface area contributed by atoms with Gasteiger partial charge >= 0.3 is 44.8 Å². The molecule has 0 aliphatic rings. The van der Waals surface area contributed by atoms with E-state index in [9.17, 15) is 99.0 Å². The molecule has 22 heteroatoms. The Hall–Kier alpha value is -5.12. The summed E-state index contributed by atoms with van der Waals surface area (Å²) in [6.07, 6.45) is 3.84. The molecule has 0 bridgehead atoms. The van der Waals surface area contributed by atoms with E-state index >= 15 is 0 Å². The minimum Gasteiger partial charge on any atom is -0.545 e. The Balaban J connectivity index is -0.0000000721. The van der Waals surface area contributed by atoms with E-state index in [1.807, 2.05) is 0 Å². The van der Waals surface area contributed by atoms with Gasteiger partial charge in [0.15, 0.2) is 0 Å². The second-order valence-electron chi connectivity index (χ2n) is 4.86. The Kier molecular flexibility index (Phi) is 45.4. The van der Waals surface area contributed by atoms with Crippen LogP contribution in [-0.2, 0) is 92.7 Å². The van der Waals surface area contributed by atoms with Crippen LogP contribution in [-0.4, -0.2) is 59.7 Å². The number of hydrogen-bond acceptors (Lipinski definition) is 20. The first-order valence-corrected chi connectivity index (χ1v) is 8.64. The van der Waals surface area contributed by atoms with E-state index in [4.69, 9.17) is 0 Å². The van der Waals surface area contributed by atoms with Crippen LogP contribution in [0.5, 0.6) is 0 Å². The van der Waals surface area contributed by atoms with Crippen LogP contribution in [0.4, 0.5) is 0 Å². The standard InChI is InChI=1S/5C4H4O4.2Ta/c5*5-3(6)1-2-4(7)8;;/h5*1-2H,(H,5,6)(H,7,8);;/q;;;;;2*+5/p-10/b5*2-1+;;. The molecule has 0 unspecified atom stereocenters. The van der Waals surface area contributed by atoms with Crippen LogP contribution in [0.25, 0.3) is 0 Å². The van der Waals surface area contributed by atoms with Crippen molar-refractivity contribution in [1.29, 1.82) is 0 Å². The molecule has 0 N–H and O–H groups in total. The number of rotatable bonds is 10. The van der Waals surface area contributed by atoms with Gasteiger partial charge in [-0.25, -0.2) is 0 Å². The molecule has 0 rings (SSSR count). The maximum Gasteiger partial charge on any atom is 5.00 e. The van der Waals surface area contributed by atoms with E-state index in [0.717, 1.165) is 0 Å². The van der Waals surface area contributed by atoms with Crippen LogP contribution in [0.1, 0.15) is 0 Å². The normalized spacial score (nSPS) is 9.05. The zero-order valence-electron chi connectivity index (χ0n) is 19.8. The molecular weight excluding hydrogens is 922 g/mol. The van der Waals surface area contributed by atoms with Crippen LogP contribution >= 0.6 is 0 Å². The summed E-state index contributed by atoms with van der Waals surface area (Å²) in [6, 6.07) is 0. The van der Waals surface area contributed by atoms with Crippen molar-refractivity contribution in [1.82, 2.24) is 0 Å². The van der Waals surface area contributed by atoms with Gasteiger partial charge in [-0.15, -0.1) is 0 Å². The van der Waals surface area contributed by atoms with Crippen LogP contribution in [0.15, 0.2) is 60.8 Å². The quantitative estimate of drug-likeness (QED) is 0.184. The fourth-order valence-corrected chi connectivity index (χ4v) is 0.680. The molecule has 0 aliphatic heterocycles. The van der Waals surface area contributed by atoms with E-state index in [0.29, 0.717) is 60.8 Å². The molecule has 0 amide bonds. The summed E-state index contributed by atoms with van der Waals surface area (Å²) in [7, 11) is 0. The third-order valence-corrected chi connectivity index (χ3v) is 1.78. The summed E-state index contributed by atoms with van der Waals surface area (Å²) >= 11 is 0. The van der Waals surface area contributed by atoms with E-state index in [1.165, 1.54) is 0 Å². The van der Waals surface area contributed by atoms with Crippen molar-refractivity contribution in [2.45, 2.75) is 0 Å². The molecule has 0 spiro atoms. The topological polar surface area (TPSA) is 401 Å². The number of aliphatic carboxylic acids is 10. The van der Waals surface area contributed by atoms with Crippen LogP contribution in [0.2, 0.25) is 0 Å². The average Bonchev–Trinajstić information content (AvgIpc) is 2.79. The number of carbonyl (C=O) groups is 10. The molecule has 0 aliphatic carbocycles. The van der Waals surface area contributed by atoms with E-state index in [1.54, 1.807) is 0 Å². The Morgan fingerprint density at radius 2 is 0.262 bits per heavy atom. The molecule has 20 nitrogen and oxygen atoms in total. The molecule has 0 aromatic heterocycles. The molecule has 0 aromatic rings. The number of carbonyl (C=O) groups excluding carboxylic acids is 10. The summed E-state index contributed by atoms with van der Waals surface area (Å²) < 4.78 is 0. The Morgan fingerprint density at radius 3 is 0.286 bits per heavy atom. The maximum absolute atomic E-state index is 9.41. The van der Waals surface area contributed by atoms with Crippen molar-refractivity contribution in [3.05, 3.63) is 60.8 Å². The molecule has 0 aromatic carbocycles. The molecule has 0 radical (unpaired) electrons. The maximum atomic E-state index is 9.41. The molecule has 0 fully saturated rings. The van der Waals surface area contributed by atoms with Crippen molar-refractivity contribution in [3.8, 4) is 0 Å². The fourth-order valence-electron chi connectivity index (χ4n) is 0.680. The third kappa shape index (κ3) is 101. The Bertz CT molecular complexity index is 804. The zero-order valence-corrected chi connectivity index (χ0v) is 26.3. The van der Waals surface area contributed by atoms with Gasteiger partial charge in [0.05, 0.1) is 59.7 Å². The van der Waals surface area contributed by atoms with Crippen molar-refractivity contribution in [2.75, 3.05) is 0 Å². The van der Waals surface area contributed by atoms with Gasteiger partial charge in [-0.05, 0) is 60.8 Å². The SMILES string of the molecule is O=C([O-])/C=C/C(=O)[O-].O=C([O-])/C=C/C(=O)[O-].O=C([O-])/C=C/C(=O)[O-].O=C([O-])/C=C/C(=O)[O-].O=C([O-])/C=C/C(=O)[O-].[Ta+5].[Ta+5]. The predicted octanol–water partition coefficient (Wildman–Crippen LogP) is -14.8. The largest absolute Gasteiger partial charge is 5.00 e. The summed E-state index contributed by atoms with van der Waals surface area (Å²) in [6.45, 7) is 0. The Labute approximate surface area is 263 Å². The summed E-state index contributed by atoms with van der Waals surface area (Å²) in [4.78, 5) is 94.1. The van der Waals surface area contributed by atoms with Crippen LogP contribution in [0, 0.1) is 0 Å². The molecule has 0 saturated heterocycles. The monoisotopic (exact) mass is 932 g/mol. The third-order valence-electron chi connectivity index (χ3n) is 1.78. The predicted molar refractivity (Wildman–Crippen MR) is 95.8 cm³/mol. The average molecular weight is 932 g/mol. The Morgan fingerprint density at radius 1 is 0.214 bits per heavy atom. The number of carboxylic acid groups (broad SMARTS) is 10. The second kappa shape index (κ2) is 35.9. The van der Waals surface area contributed by atoms with Gasteiger partial charge in [0.1, 0.15) is 0 Å². The molecule has 0 atom stereocenters. The molecule has 0 heterocycles. The van der Waals surface area contributed by atoms with Gasteiger partial charge in [-0.1, -0.05) is 0 Å². The van der Waals surface area contributed by atoms with Crippen molar-refractivity contribution in [2.24, 2.45) is 0 Å².